The van der Waals surface area contributed by atoms with Gasteiger partial charge in [-0.05, 0) is 69.6 Å². The second-order valence-corrected chi connectivity index (χ2v) is 8.25. The molecule has 2 N–H and O–H groups in total. The van der Waals surface area contributed by atoms with Gasteiger partial charge in [-0.3, -0.25) is 4.79 Å². The first-order valence-corrected chi connectivity index (χ1v) is 8.92. The summed E-state index contributed by atoms with van der Waals surface area (Å²) in [5, 5.41) is 18.7. The van der Waals surface area contributed by atoms with E-state index in [4.69, 9.17) is 5.11 Å². The molecule has 0 aromatic heterocycles. The molecule has 0 unspecified atom stereocenters. The fraction of sp³-hybridized carbons (Fsp3) is 0.700. The predicted molar refractivity (Wildman–Crippen MR) is 93.7 cm³/mol. The second-order valence-electron chi connectivity index (χ2n) is 8.25. The lowest BCUT2D eigenvalue weighted by Gasteiger charge is -2.57. The zero-order chi connectivity index (χ0) is 18.1. The molecule has 134 valence electrons. The molecule has 4 heteroatoms. The largest absolute Gasteiger partial charge is 0.481 e. The summed E-state index contributed by atoms with van der Waals surface area (Å²) in [6.07, 6.45) is 7.36. The van der Waals surface area contributed by atoms with Crippen molar-refractivity contribution < 1.29 is 19.8 Å². The van der Waals surface area contributed by atoms with Crippen molar-refractivity contribution in [1.82, 2.24) is 0 Å². The van der Waals surface area contributed by atoms with E-state index in [9.17, 15) is 14.7 Å². The van der Waals surface area contributed by atoms with Gasteiger partial charge >= 0.3 is 11.9 Å². The van der Waals surface area contributed by atoms with Crippen LogP contribution in [0.2, 0.25) is 0 Å². The van der Waals surface area contributed by atoms with Crippen LogP contribution in [0.4, 0.5) is 0 Å². The van der Waals surface area contributed by atoms with Crippen molar-refractivity contribution in [2.45, 2.75) is 65.7 Å². The number of fused-ring (bicyclic) bond motifs is 1. The maximum Gasteiger partial charge on any atom is 0.328 e. The molecule has 0 aliphatic heterocycles. The molecule has 0 spiro atoms. The lowest BCUT2D eigenvalue weighted by atomic mass is 9.46. The summed E-state index contributed by atoms with van der Waals surface area (Å²) in [5.41, 5.74) is 1.37. The van der Waals surface area contributed by atoms with E-state index in [1.807, 2.05) is 13.8 Å². The average Bonchev–Trinajstić information content (AvgIpc) is 2.45. The molecule has 2 saturated carbocycles. The van der Waals surface area contributed by atoms with Crippen molar-refractivity contribution in [2.24, 2.45) is 22.7 Å². The number of hydrogen-bond acceptors (Lipinski definition) is 2. The van der Waals surface area contributed by atoms with Gasteiger partial charge in [0.15, 0.2) is 0 Å². The van der Waals surface area contributed by atoms with Gasteiger partial charge < -0.3 is 10.2 Å². The molecular weight excluding hydrogens is 304 g/mol. The van der Waals surface area contributed by atoms with Gasteiger partial charge in [0.05, 0.1) is 5.41 Å². The quantitative estimate of drug-likeness (QED) is 0.566. The molecule has 0 heterocycles. The van der Waals surface area contributed by atoms with E-state index in [1.54, 1.807) is 0 Å². The zero-order valence-corrected chi connectivity index (χ0v) is 15.1. The van der Waals surface area contributed by atoms with E-state index in [2.05, 4.69) is 13.5 Å². The molecule has 24 heavy (non-hydrogen) atoms. The Bertz CT molecular complexity index is 576. The summed E-state index contributed by atoms with van der Waals surface area (Å²) in [6.45, 7) is 10.3. The number of allylic oxidation sites excluding steroid dienone is 2. The highest BCUT2D eigenvalue weighted by Crippen LogP contribution is 2.62. The van der Waals surface area contributed by atoms with Crippen LogP contribution in [0.25, 0.3) is 0 Å². The molecule has 2 fully saturated rings. The topological polar surface area (TPSA) is 74.6 Å². The highest BCUT2D eigenvalue weighted by Gasteiger charge is 2.57. The Hall–Kier alpha value is -1.58. The van der Waals surface area contributed by atoms with Crippen LogP contribution in [0, 0.1) is 22.7 Å². The van der Waals surface area contributed by atoms with Crippen LogP contribution in [-0.4, -0.2) is 22.2 Å². The smallest absolute Gasteiger partial charge is 0.328 e. The third-order valence-corrected chi connectivity index (χ3v) is 6.71. The highest BCUT2D eigenvalue weighted by molar-refractivity contribution is 5.80. The van der Waals surface area contributed by atoms with Crippen LogP contribution < -0.4 is 0 Å². The van der Waals surface area contributed by atoms with Crippen LogP contribution >= 0.6 is 0 Å². The predicted octanol–water partition coefficient (Wildman–Crippen LogP) is 4.66. The fourth-order valence-corrected chi connectivity index (χ4v) is 5.39. The minimum Gasteiger partial charge on any atom is -0.481 e. The highest BCUT2D eigenvalue weighted by atomic mass is 16.4. The molecule has 0 radical (unpaired) electrons. The number of rotatable bonds is 5. The average molecular weight is 334 g/mol. The van der Waals surface area contributed by atoms with Crippen molar-refractivity contribution in [3.63, 3.8) is 0 Å². The molecule has 4 atom stereocenters. The first-order chi connectivity index (χ1) is 11.1. The minimum atomic E-state index is -0.907. The molecule has 4 nitrogen and oxygen atoms in total. The van der Waals surface area contributed by atoms with Gasteiger partial charge in [-0.2, -0.15) is 0 Å². The molecule has 2 aliphatic rings. The van der Waals surface area contributed by atoms with Crippen LogP contribution in [0.5, 0.6) is 0 Å². The summed E-state index contributed by atoms with van der Waals surface area (Å²) in [4.78, 5) is 22.8. The summed E-state index contributed by atoms with van der Waals surface area (Å²) in [5.74, 6) is -1.15. The van der Waals surface area contributed by atoms with Crippen LogP contribution in [0.1, 0.15) is 65.7 Å². The lowest BCUT2D eigenvalue weighted by molar-refractivity contribution is -0.164. The normalized spacial score (nSPS) is 37.0. The molecule has 0 saturated heterocycles. The van der Waals surface area contributed by atoms with E-state index in [0.717, 1.165) is 50.5 Å². The Kier molecular flexibility index (Phi) is 5.26. The van der Waals surface area contributed by atoms with Crippen molar-refractivity contribution in [2.75, 3.05) is 0 Å². The molecule has 0 bridgehead atoms. The molecule has 0 aromatic carbocycles. The first kappa shape index (κ1) is 18.8. The van der Waals surface area contributed by atoms with Gasteiger partial charge in [0.2, 0.25) is 0 Å². The number of carbonyl (C=O) groups is 2. The van der Waals surface area contributed by atoms with Gasteiger partial charge in [0.25, 0.3) is 0 Å². The Morgan fingerprint density at radius 2 is 1.96 bits per heavy atom. The van der Waals surface area contributed by atoms with Gasteiger partial charge in [-0.15, -0.1) is 0 Å². The Morgan fingerprint density at radius 3 is 2.54 bits per heavy atom. The third kappa shape index (κ3) is 3.28. The minimum absolute atomic E-state index is 0.0514. The van der Waals surface area contributed by atoms with Crippen LogP contribution in [0.3, 0.4) is 0 Å². The standard InChI is InChI=1S/C20H30O4/c1-13(12-17(21)22)6-8-15-14(2)7-9-16-19(15,3)10-5-11-20(16,4)18(23)24/h12,15-16H,2,5-11H2,1,3-4H3,(H,21,22)(H,23,24)/t15-,16-,19-,20-/m1/s1. The number of carboxylic acid groups (broad SMARTS) is 2. The van der Waals surface area contributed by atoms with Gasteiger partial charge in [-0.1, -0.05) is 31.1 Å². The monoisotopic (exact) mass is 334 g/mol. The molecule has 2 rings (SSSR count). The van der Waals surface area contributed by atoms with E-state index in [1.165, 1.54) is 11.6 Å². The van der Waals surface area contributed by atoms with Crippen molar-refractivity contribution in [3.8, 4) is 0 Å². The van der Waals surface area contributed by atoms with Gasteiger partial charge in [-0.25, -0.2) is 4.79 Å². The number of carboxylic acids is 2. The Balaban J connectivity index is 2.25. The Morgan fingerprint density at radius 1 is 1.29 bits per heavy atom. The number of aliphatic carboxylic acids is 2. The van der Waals surface area contributed by atoms with E-state index < -0.39 is 17.4 Å². The fourth-order valence-electron chi connectivity index (χ4n) is 5.39. The Labute approximate surface area is 144 Å². The zero-order valence-electron chi connectivity index (χ0n) is 15.1. The van der Waals surface area contributed by atoms with E-state index in [-0.39, 0.29) is 17.3 Å². The van der Waals surface area contributed by atoms with E-state index in [0.29, 0.717) is 0 Å². The third-order valence-electron chi connectivity index (χ3n) is 6.71. The summed E-state index contributed by atoms with van der Waals surface area (Å²) < 4.78 is 0. The maximum absolute atomic E-state index is 12.0. The van der Waals surface area contributed by atoms with Crippen molar-refractivity contribution in [3.05, 3.63) is 23.8 Å². The van der Waals surface area contributed by atoms with Gasteiger partial charge in [0, 0.05) is 6.08 Å². The van der Waals surface area contributed by atoms with Crippen molar-refractivity contribution >= 4 is 11.9 Å². The molecular formula is C20H30O4. The number of hydrogen-bond donors (Lipinski definition) is 2. The lowest BCUT2D eigenvalue weighted by Crippen LogP contribution is -2.53. The summed E-state index contributed by atoms with van der Waals surface area (Å²) >= 11 is 0. The van der Waals surface area contributed by atoms with E-state index >= 15 is 0 Å². The molecule has 0 aromatic rings. The SMILES string of the molecule is C=C1CC[C@@H]2[C@](C)(CCC[C@@]2(C)C(=O)O)[C@@H]1CCC(C)=CC(=O)O. The first-order valence-electron chi connectivity index (χ1n) is 8.92. The summed E-state index contributed by atoms with van der Waals surface area (Å²) in [7, 11) is 0. The van der Waals surface area contributed by atoms with Gasteiger partial charge in [0.1, 0.15) is 0 Å². The maximum atomic E-state index is 12.0. The molecule has 2 aliphatic carbocycles. The molecule has 0 amide bonds. The van der Waals surface area contributed by atoms with Crippen LogP contribution in [0.15, 0.2) is 23.8 Å². The van der Waals surface area contributed by atoms with Crippen LogP contribution in [-0.2, 0) is 9.59 Å². The summed E-state index contributed by atoms with van der Waals surface area (Å²) in [6, 6.07) is 0. The van der Waals surface area contributed by atoms with Crippen molar-refractivity contribution in [1.29, 1.82) is 0 Å². The second kappa shape index (κ2) is 6.73.